The lowest BCUT2D eigenvalue weighted by Crippen LogP contribution is -2.47. The molecule has 0 saturated carbocycles. The van der Waals surface area contributed by atoms with E-state index in [0.29, 0.717) is 34.6 Å². The molecule has 2 aromatic heterocycles. The number of hydrogen-bond donors (Lipinski definition) is 3. The number of methoxy groups -OCH3 is 1. The van der Waals surface area contributed by atoms with E-state index in [2.05, 4.69) is 20.3 Å². The summed E-state index contributed by atoms with van der Waals surface area (Å²) in [5, 5.41) is 13.4. The van der Waals surface area contributed by atoms with Gasteiger partial charge in [-0.05, 0) is 24.3 Å². The third kappa shape index (κ3) is 5.14. The van der Waals surface area contributed by atoms with Gasteiger partial charge in [0, 0.05) is 31.4 Å². The molecule has 1 saturated heterocycles. The van der Waals surface area contributed by atoms with Gasteiger partial charge in [0.05, 0.1) is 47.4 Å². The number of aromatic amines is 1. The molecule has 192 valence electrons. The lowest BCUT2D eigenvalue weighted by molar-refractivity contribution is -0.0831. The summed E-state index contributed by atoms with van der Waals surface area (Å²) in [5.74, 6) is -0.0872. The average Bonchev–Trinajstić information content (AvgIpc) is 3.35. The molecule has 4 aromatic rings. The van der Waals surface area contributed by atoms with Crippen LogP contribution in [0.2, 0.25) is 5.02 Å². The number of H-pyrrole nitrogens is 1. The molecular weight excluding hydrogens is 503 g/mol. The first-order chi connectivity index (χ1) is 18.0. The molecule has 1 fully saturated rings. The molecule has 11 heteroatoms. The number of carbonyl (C=O) groups is 1. The second-order valence-electron chi connectivity index (χ2n) is 8.55. The van der Waals surface area contributed by atoms with Crippen molar-refractivity contribution in [3.63, 3.8) is 0 Å². The number of fused-ring (bicyclic) bond motifs is 1. The Morgan fingerprint density at radius 2 is 2.11 bits per heavy atom. The number of ether oxygens (including phenoxy) is 3. The van der Waals surface area contributed by atoms with Crippen molar-refractivity contribution in [2.45, 2.75) is 24.7 Å². The summed E-state index contributed by atoms with van der Waals surface area (Å²) >= 11 is 6.45. The molecule has 0 aliphatic carbocycles. The zero-order valence-corrected chi connectivity index (χ0v) is 20.5. The van der Waals surface area contributed by atoms with Gasteiger partial charge in [0.15, 0.2) is 17.3 Å². The van der Waals surface area contributed by atoms with Crippen LogP contribution in [0.25, 0.3) is 11.0 Å². The van der Waals surface area contributed by atoms with Crippen molar-refractivity contribution in [1.82, 2.24) is 15.0 Å². The average molecular weight is 527 g/mol. The fourth-order valence-corrected chi connectivity index (χ4v) is 4.59. The summed E-state index contributed by atoms with van der Waals surface area (Å²) < 4.78 is 30.8. The van der Waals surface area contributed by atoms with E-state index in [1.54, 1.807) is 31.5 Å². The minimum atomic E-state index is -0.511. The topological polar surface area (TPSA) is 119 Å². The van der Waals surface area contributed by atoms with Gasteiger partial charge in [0.2, 0.25) is 0 Å². The Labute approximate surface area is 216 Å². The number of nitrogens with one attached hydrogen (secondary N) is 2. The number of para-hydroxylation sites is 1. The van der Waals surface area contributed by atoms with E-state index in [-0.39, 0.29) is 53.6 Å². The normalized spacial score (nSPS) is 19.6. The molecular formula is C26H24ClFN4O5. The lowest BCUT2D eigenvalue weighted by atomic mass is 10.0. The third-order valence-electron chi connectivity index (χ3n) is 6.25. The maximum absolute atomic E-state index is 13.9. The minimum Gasteiger partial charge on any atom is -0.454 e. The van der Waals surface area contributed by atoms with Crippen LogP contribution in [-0.4, -0.2) is 64.4 Å². The molecule has 1 aliphatic rings. The molecule has 3 heterocycles. The quantitative estimate of drug-likeness (QED) is 0.290. The molecule has 5 rings (SSSR count). The number of ketones is 1. The highest BCUT2D eigenvalue weighted by Crippen LogP contribution is 2.32. The smallest absolute Gasteiger partial charge is 0.196 e. The Balaban J connectivity index is 1.42. The van der Waals surface area contributed by atoms with Gasteiger partial charge in [-0.2, -0.15) is 0 Å². The van der Waals surface area contributed by atoms with E-state index in [1.165, 1.54) is 30.6 Å². The highest BCUT2D eigenvalue weighted by molar-refractivity contribution is 6.35. The summed E-state index contributed by atoms with van der Waals surface area (Å²) in [7, 11) is 1.60. The number of benzene rings is 2. The van der Waals surface area contributed by atoms with Gasteiger partial charge >= 0.3 is 0 Å². The van der Waals surface area contributed by atoms with Gasteiger partial charge < -0.3 is 29.6 Å². The Hall–Kier alpha value is -3.57. The number of hydrogen-bond acceptors (Lipinski definition) is 8. The fourth-order valence-electron chi connectivity index (χ4n) is 4.33. The summed E-state index contributed by atoms with van der Waals surface area (Å²) in [4.78, 5) is 25.2. The zero-order valence-electron chi connectivity index (χ0n) is 19.8. The Morgan fingerprint density at radius 3 is 2.86 bits per heavy atom. The summed E-state index contributed by atoms with van der Waals surface area (Å²) in [5.41, 5.74) is 1.02. The first kappa shape index (κ1) is 25.1. The molecule has 0 spiro atoms. The van der Waals surface area contributed by atoms with Gasteiger partial charge in [0.1, 0.15) is 23.5 Å². The molecule has 3 N–H and O–H groups in total. The monoisotopic (exact) mass is 526 g/mol. The minimum absolute atomic E-state index is 0.0495. The summed E-state index contributed by atoms with van der Waals surface area (Å²) in [6.45, 7) is 0.198. The van der Waals surface area contributed by atoms with Crippen LogP contribution in [0.15, 0.2) is 55.0 Å². The standard InChI is InChI=1S/C26H24ClFN4O5/c1-35-22-9-15(11-33)36-12-20(22)32-26-23-17(10-29-25(23)30-13-31-26)24(34)16-7-6-14(8-18(16)27)37-21-5-3-2-4-19(21)28/h2-8,10,13,15,20,22,33H,9,11-12H2,1H3,(H2,29,30,31,32)/t15-,20-,22+/m0/s1. The molecule has 9 nitrogen and oxygen atoms in total. The van der Waals surface area contributed by atoms with Gasteiger partial charge in [-0.3, -0.25) is 4.79 Å². The highest BCUT2D eigenvalue weighted by atomic mass is 35.5. The number of rotatable bonds is 8. The van der Waals surface area contributed by atoms with Crippen LogP contribution in [0, 0.1) is 5.82 Å². The first-order valence-electron chi connectivity index (χ1n) is 11.6. The second kappa shape index (κ2) is 10.8. The van der Waals surface area contributed by atoms with Crippen molar-refractivity contribution in [3.05, 3.63) is 77.0 Å². The van der Waals surface area contributed by atoms with Gasteiger partial charge in [-0.15, -0.1) is 0 Å². The van der Waals surface area contributed by atoms with E-state index in [9.17, 15) is 14.3 Å². The van der Waals surface area contributed by atoms with Crippen LogP contribution in [0.1, 0.15) is 22.3 Å². The van der Waals surface area contributed by atoms with Gasteiger partial charge in [0.25, 0.3) is 0 Å². The van der Waals surface area contributed by atoms with Crippen LogP contribution in [0.3, 0.4) is 0 Å². The molecule has 3 atom stereocenters. The van der Waals surface area contributed by atoms with E-state index >= 15 is 0 Å². The van der Waals surface area contributed by atoms with Crippen molar-refractivity contribution in [3.8, 4) is 11.5 Å². The second-order valence-corrected chi connectivity index (χ2v) is 8.96. The predicted octanol–water partition coefficient (Wildman–Crippen LogP) is 4.35. The molecule has 37 heavy (non-hydrogen) atoms. The van der Waals surface area contributed by atoms with Crippen LogP contribution < -0.4 is 10.1 Å². The van der Waals surface area contributed by atoms with Crippen molar-refractivity contribution >= 4 is 34.2 Å². The fraction of sp³-hybridized carbons (Fsp3) is 0.269. The van der Waals surface area contributed by atoms with Crippen molar-refractivity contribution < 1.29 is 28.5 Å². The van der Waals surface area contributed by atoms with E-state index in [1.807, 2.05) is 0 Å². The lowest BCUT2D eigenvalue weighted by Gasteiger charge is -2.35. The van der Waals surface area contributed by atoms with Gasteiger partial charge in [-0.1, -0.05) is 23.7 Å². The molecule has 0 radical (unpaired) electrons. The van der Waals surface area contributed by atoms with Crippen LogP contribution >= 0.6 is 11.6 Å². The third-order valence-corrected chi connectivity index (χ3v) is 6.56. The number of aliphatic hydroxyl groups is 1. The maximum Gasteiger partial charge on any atom is 0.196 e. The number of anilines is 1. The van der Waals surface area contributed by atoms with Crippen LogP contribution in [0.4, 0.5) is 10.2 Å². The zero-order chi connectivity index (χ0) is 25.9. The Bertz CT molecular complexity index is 1430. The van der Waals surface area contributed by atoms with Crippen molar-refractivity contribution in [2.24, 2.45) is 0 Å². The molecule has 2 aromatic carbocycles. The van der Waals surface area contributed by atoms with Gasteiger partial charge in [-0.25, -0.2) is 14.4 Å². The SMILES string of the molecule is CO[C@@H]1C[C@@H](CO)OC[C@@H]1Nc1ncnc2[nH]cc(C(=O)c3ccc(Oc4ccccc4F)cc3Cl)c12. The Kier molecular flexibility index (Phi) is 7.33. The van der Waals surface area contributed by atoms with Crippen molar-refractivity contribution in [2.75, 3.05) is 25.6 Å². The van der Waals surface area contributed by atoms with E-state index in [4.69, 9.17) is 25.8 Å². The highest BCUT2D eigenvalue weighted by Gasteiger charge is 2.32. The molecule has 1 aliphatic heterocycles. The van der Waals surface area contributed by atoms with Crippen LogP contribution in [0.5, 0.6) is 11.5 Å². The molecule has 0 bridgehead atoms. The number of aliphatic hydroxyl groups excluding tert-OH is 1. The molecule has 0 unspecified atom stereocenters. The first-order valence-corrected chi connectivity index (χ1v) is 12.0. The number of halogens is 2. The van der Waals surface area contributed by atoms with E-state index < -0.39 is 5.82 Å². The van der Waals surface area contributed by atoms with Crippen molar-refractivity contribution in [1.29, 1.82) is 0 Å². The molecule has 0 amide bonds. The summed E-state index contributed by atoms with van der Waals surface area (Å²) in [6.07, 6.45) is 2.92. The predicted molar refractivity (Wildman–Crippen MR) is 135 cm³/mol. The largest absolute Gasteiger partial charge is 0.454 e. The number of aromatic nitrogens is 3. The van der Waals surface area contributed by atoms with Crippen LogP contribution in [-0.2, 0) is 9.47 Å². The number of nitrogens with zero attached hydrogens (tertiary/aromatic N) is 2. The van der Waals surface area contributed by atoms with E-state index in [0.717, 1.165) is 0 Å². The maximum atomic E-state index is 13.9. The number of carbonyl (C=O) groups excluding carboxylic acids is 1. The summed E-state index contributed by atoms with van der Waals surface area (Å²) in [6, 6.07) is 10.3. The Morgan fingerprint density at radius 1 is 1.27 bits per heavy atom.